The molecule has 1 atom stereocenters. The first-order valence-corrected chi connectivity index (χ1v) is 8.89. The molecule has 12 heteroatoms. The van der Waals surface area contributed by atoms with E-state index in [1.54, 1.807) is 6.92 Å². The van der Waals surface area contributed by atoms with Crippen molar-refractivity contribution < 1.29 is 28.9 Å². The van der Waals surface area contributed by atoms with Crippen LogP contribution >= 0.6 is 23.2 Å². The van der Waals surface area contributed by atoms with Gasteiger partial charge in [-0.05, 0) is 25.1 Å². The molecule has 1 aromatic heterocycles. The van der Waals surface area contributed by atoms with Crippen LogP contribution in [0.25, 0.3) is 0 Å². The number of anilines is 1. The number of rotatable bonds is 8. The largest absolute Gasteiger partial charge is 0.508 e. The summed E-state index contributed by atoms with van der Waals surface area (Å²) < 4.78 is 19.7. The van der Waals surface area contributed by atoms with E-state index in [1.165, 1.54) is 18.2 Å². The molecule has 1 unspecified atom stereocenters. The van der Waals surface area contributed by atoms with Crippen molar-refractivity contribution in [3.8, 4) is 17.2 Å². The summed E-state index contributed by atoms with van der Waals surface area (Å²) in [7, 11) is 0. The number of carbonyl (C=O) groups is 2. The Hall–Kier alpha value is -2.82. The molecule has 0 aliphatic rings. The monoisotopic (exact) mass is 446 g/mol. The maximum absolute atomic E-state index is 14.1. The van der Waals surface area contributed by atoms with Crippen LogP contribution in [0, 0.1) is 5.95 Å². The average Bonchev–Trinajstić information content (AvgIpc) is 2.66. The van der Waals surface area contributed by atoms with Crippen molar-refractivity contribution in [3.63, 3.8) is 0 Å². The molecule has 0 spiro atoms. The van der Waals surface area contributed by atoms with Crippen LogP contribution in [0.5, 0.6) is 17.2 Å². The van der Waals surface area contributed by atoms with Gasteiger partial charge in [0.05, 0.1) is 6.54 Å². The Bertz CT molecular complexity index is 943. The number of nitrogens with one attached hydrogen (secondary N) is 2. The summed E-state index contributed by atoms with van der Waals surface area (Å²) in [6.45, 7) is 0.657. The third-order valence-electron chi connectivity index (χ3n) is 3.56. The van der Waals surface area contributed by atoms with Gasteiger partial charge in [-0.1, -0.05) is 23.2 Å². The minimum Gasteiger partial charge on any atom is -0.508 e. The topological polar surface area (TPSA) is 147 Å². The minimum atomic E-state index is -1.22. The number of phenols is 1. The van der Waals surface area contributed by atoms with Gasteiger partial charge in [-0.3, -0.25) is 9.59 Å². The van der Waals surface area contributed by atoms with Crippen molar-refractivity contribution in [2.45, 2.75) is 13.0 Å². The number of aliphatic carboxylic acids is 1. The van der Waals surface area contributed by atoms with E-state index in [1.807, 2.05) is 0 Å². The van der Waals surface area contributed by atoms with Crippen LogP contribution in [0.4, 0.5) is 10.2 Å². The maximum Gasteiger partial charge on any atom is 0.322 e. The number of carbonyl (C=O) groups excluding carboxylic acids is 1. The van der Waals surface area contributed by atoms with E-state index < -0.39 is 42.0 Å². The zero-order valence-corrected chi connectivity index (χ0v) is 16.5. The molecule has 0 fully saturated rings. The molecule has 2 aromatic rings. The Morgan fingerprint density at radius 2 is 2.00 bits per heavy atom. The van der Waals surface area contributed by atoms with E-state index in [-0.39, 0.29) is 28.1 Å². The van der Waals surface area contributed by atoms with E-state index in [4.69, 9.17) is 38.8 Å². The predicted octanol–water partition coefficient (Wildman–Crippen LogP) is 2.66. The zero-order chi connectivity index (χ0) is 21.7. The second-order valence-electron chi connectivity index (χ2n) is 5.84. The van der Waals surface area contributed by atoms with Crippen molar-refractivity contribution >= 4 is 40.9 Å². The number of nitrogens with zero attached hydrogens (tertiary/aromatic N) is 1. The van der Waals surface area contributed by atoms with Crippen molar-refractivity contribution in [1.82, 2.24) is 10.3 Å². The van der Waals surface area contributed by atoms with Gasteiger partial charge in [-0.2, -0.15) is 9.37 Å². The van der Waals surface area contributed by atoms with Gasteiger partial charge in [0.2, 0.25) is 11.9 Å². The molecular formula is C17H17Cl2FN4O5. The standard InChI is InChI=1S/C17H17Cl2FN4O5/c1-7(21)9-4-8(2-3-10(9)25)29-15-13(18)16(20)24-17(14(15)19)23-5-11(26)22-6-12(27)28/h2-4,7,25H,5-6,21H2,1H3,(H,22,26)(H,23,24)(H,27,28). The highest BCUT2D eigenvalue weighted by Crippen LogP contribution is 2.41. The molecule has 0 saturated carbocycles. The number of phenolic OH excluding ortho intramolecular Hbond substituents is 1. The van der Waals surface area contributed by atoms with E-state index in [9.17, 15) is 19.1 Å². The number of ether oxygens (including phenoxy) is 1. The first kappa shape index (κ1) is 22.5. The Kier molecular flexibility index (Phi) is 7.43. The fourth-order valence-electron chi connectivity index (χ4n) is 2.18. The van der Waals surface area contributed by atoms with Gasteiger partial charge in [0.1, 0.15) is 28.1 Å². The molecule has 0 radical (unpaired) electrons. The number of carboxylic acid groups (broad SMARTS) is 1. The molecule has 9 nitrogen and oxygen atoms in total. The highest BCUT2D eigenvalue weighted by atomic mass is 35.5. The van der Waals surface area contributed by atoms with Crippen molar-refractivity contribution in [1.29, 1.82) is 0 Å². The van der Waals surface area contributed by atoms with E-state index in [0.717, 1.165) is 0 Å². The quantitative estimate of drug-likeness (QED) is 0.388. The lowest BCUT2D eigenvalue weighted by Gasteiger charge is -2.15. The summed E-state index contributed by atoms with van der Waals surface area (Å²) in [5, 5.41) is 22.3. The SMILES string of the molecule is CC(N)c1cc(Oc2c(Cl)c(F)nc(NCC(=O)NCC(=O)O)c2Cl)ccc1O. The minimum absolute atomic E-state index is 0.0415. The molecule has 1 aromatic carbocycles. The van der Waals surface area contributed by atoms with Gasteiger partial charge in [-0.15, -0.1) is 0 Å². The zero-order valence-electron chi connectivity index (χ0n) is 15.0. The van der Waals surface area contributed by atoms with Crippen molar-refractivity contribution in [2.75, 3.05) is 18.4 Å². The van der Waals surface area contributed by atoms with Crippen LogP contribution in [0.1, 0.15) is 18.5 Å². The number of halogens is 3. The Morgan fingerprint density at radius 1 is 1.31 bits per heavy atom. The number of carboxylic acids is 1. The summed E-state index contributed by atoms with van der Waals surface area (Å²) in [5.41, 5.74) is 6.16. The van der Waals surface area contributed by atoms with Crippen LogP contribution in [0.2, 0.25) is 10.0 Å². The molecule has 0 aliphatic carbocycles. The Morgan fingerprint density at radius 3 is 2.62 bits per heavy atom. The number of pyridine rings is 1. The third kappa shape index (κ3) is 5.83. The fourth-order valence-corrected chi connectivity index (χ4v) is 2.65. The smallest absolute Gasteiger partial charge is 0.322 e. The van der Waals surface area contributed by atoms with Gasteiger partial charge >= 0.3 is 5.97 Å². The number of benzene rings is 1. The number of aromatic hydroxyl groups is 1. The summed E-state index contributed by atoms with van der Waals surface area (Å²) in [6.07, 6.45) is 0. The van der Waals surface area contributed by atoms with Crippen molar-refractivity contribution in [2.24, 2.45) is 5.73 Å². The van der Waals surface area contributed by atoms with E-state index in [0.29, 0.717) is 5.56 Å². The number of aromatic nitrogens is 1. The van der Waals surface area contributed by atoms with Gasteiger partial charge in [-0.25, -0.2) is 0 Å². The summed E-state index contributed by atoms with van der Waals surface area (Å²) in [4.78, 5) is 25.6. The molecule has 156 valence electrons. The highest BCUT2D eigenvalue weighted by molar-refractivity contribution is 6.38. The molecule has 2 rings (SSSR count). The van der Waals surface area contributed by atoms with Gasteiger partial charge in [0.15, 0.2) is 11.6 Å². The summed E-state index contributed by atoms with van der Waals surface area (Å²) in [5.74, 6) is -3.37. The van der Waals surface area contributed by atoms with Crippen LogP contribution in [0.3, 0.4) is 0 Å². The Labute approximate surface area is 174 Å². The number of amides is 1. The maximum atomic E-state index is 14.1. The lowest BCUT2D eigenvalue weighted by molar-refractivity contribution is -0.137. The number of nitrogens with two attached hydrogens (primary N) is 1. The average molecular weight is 447 g/mol. The van der Waals surface area contributed by atoms with Crippen LogP contribution < -0.4 is 21.1 Å². The second kappa shape index (κ2) is 9.59. The lowest BCUT2D eigenvalue weighted by Crippen LogP contribution is -2.34. The predicted molar refractivity (Wildman–Crippen MR) is 104 cm³/mol. The molecule has 0 bridgehead atoms. The fraction of sp³-hybridized carbons (Fsp3) is 0.235. The van der Waals surface area contributed by atoms with Gasteiger partial charge in [0.25, 0.3) is 0 Å². The Balaban J connectivity index is 2.26. The van der Waals surface area contributed by atoms with Crippen LogP contribution in [-0.4, -0.2) is 40.2 Å². The molecule has 0 aliphatic heterocycles. The van der Waals surface area contributed by atoms with Crippen LogP contribution in [0.15, 0.2) is 18.2 Å². The molecule has 1 heterocycles. The van der Waals surface area contributed by atoms with Crippen molar-refractivity contribution in [3.05, 3.63) is 39.8 Å². The normalized spacial score (nSPS) is 11.6. The van der Waals surface area contributed by atoms with Crippen LogP contribution in [-0.2, 0) is 9.59 Å². The highest BCUT2D eigenvalue weighted by Gasteiger charge is 2.21. The molecule has 1 amide bonds. The number of hydrogen-bond acceptors (Lipinski definition) is 7. The molecular weight excluding hydrogens is 430 g/mol. The molecule has 29 heavy (non-hydrogen) atoms. The first-order valence-electron chi connectivity index (χ1n) is 8.13. The van der Waals surface area contributed by atoms with Gasteiger partial charge in [0, 0.05) is 11.6 Å². The summed E-state index contributed by atoms with van der Waals surface area (Å²) in [6, 6.07) is 3.69. The second-order valence-corrected chi connectivity index (χ2v) is 6.60. The van der Waals surface area contributed by atoms with E-state index in [2.05, 4.69) is 15.6 Å². The number of hydrogen-bond donors (Lipinski definition) is 5. The molecule has 0 saturated heterocycles. The van der Waals surface area contributed by atoms with E-state index >= 15 is 0 Å². The van der Waals surface area contributed by atoms with Gasteiger partial charge < -0.3 is 31.3 Å². The summed E-state index contributed by atoms with van der Waals surface area (Å²) >= 11 is 12.1. The lowest BCUT2D eigenvalue weighted by atomic mass is 10.1. The molecule has 6 N–H and O–H groups in total. The first-order chi connectivity index (χ1) is 13.6. The third-order valence-corrected chi connectivity index (χ3v) is 4.24.